The van der Waals surface area contributed by atoms with Gasteiger partial charge in [-0.3, -0.25) is 0 Å². The van der Waals surface area contributed by atoms with Gasteiger partial charge in [0, 0.05) is 24.2 Å². The molecule has 0 N–H and O–H groups in total. The van der Waals surface area contributed by atoms with E-state index in [1.165, 1.54) is 5.56 Å². The number of furan rings is 1. The third-order valence-corrected chi connectivity index (χ3v) is 6.86. The number of hydrogen-bond acceptors (Lipinski definition) is 3. The van der Waals surface area contributed by atoms with Gasteiger partial charge >= 0.3 is 20.1 Å². The van der Waals surface area contributed by atoms with Crippen LogP contribution in [0.4, 0.5) is 0 Å². The Morgan fingerprint density at radius 1 is 0.810 bits per heavy atom. The van der Waals surface area contributed by atoms with Gasteiger partial charge in [0.1, 0.15) is 11.3 Å². The Morgan fingerprint density at radius 2 is 1.60 bits per heavy atom. The first-order valence-electron chi connectivity index (χ1n) is 13.2. The smallest absolute Gasteiger partial charge is 0.500 e. The third-order valence-electron chi connectivity index (χ3n) is 6.86. The molecule has 0 bridgehead atoms. The fraction of sp³-hybridized carbons (Fsp3) is 0.0270. The van der Waals surface area contributed by atoms with E-state index in [4.69, 9.17) is 4.42 Å². The Kier molecular flexibility index (Phi) is 8.60. The third kappa shape index (κ3) is 5.60. The maximum Gasteiger partial charge on any atom is 3.00 e. The average molecular weight is 720 g/mol. The summed E-state index contributed by atoms with van der Waals surface area (Å²) in [5.41, 5.74) is 8.81. The van der Waals surface area contributed by atoms with Gasteiger partial charge in [0.25, 0.3) is 0 Å². The molecule has 0 saturated carbocycles. The van der Waals surface area contributed by atoms with Crippen LogP contribution in [0.3, 0.4) is 0 Å². The summed E-state index contributed by atoms with van der Waals surface area (Å²) in [6.07, 6.45) is 3.77. The molecule has 0 unspecified atom stereocenters. The summed E-state index contributed by atoms with van der Waals surface area (Å²) in [4.78, 5) is 4.44. The van der Waals surface area contributed by atoms with E-state index >= 15 is 0 Å². The van der Waals surface area contributed by atoms with Crippen LogP contribution in [0.25, 0.3) is 55.6 Å². The van der Waals surface area contributed by atoms with Crippen molar-refractivity contribution in [2.24, 2.45) is 0 Å². The van der Waals surface area contributed by atoms with E-state index in [9.17, 15) is 5.26 Å². The van der Waals surface area contributed by atoms with Gasteiger partial charge in [-0.1, -0.05) is 71.1 Å². The van der Waals surface area contributed by atoms with Crippen molar-refractivity contribution >= 4 is 21.9 Å². The van der Waals surface area contributed by atoms with Crippen molar-refractivity contribution in [1.29, 1.82) is 5.26 Å². The van der Waals surface area contributed by atoms with Gasteiger partial charge in [0.05, 0.1) is 23.4 Å². The second-order valence-electron chi connectivity index (χ2n) is 9.59. The molecule has 5 heteroatoms. The Labute approximate surface area is 258 Å². The predicted molar refractivity (Wildman–Crippen MR) is 162 cm³/mol. The number of rotatable bonds is 3. The van der Waals surface area contributed by atoms with Crippen molar-refractivity contribution in [3.63, 3.8) is 0 Å². The number of aromatic nitrogens is 2. The minimum Gasteiger partial charge on any atom is -0.500 e. The molecule has 42 heavy (non-hydrogen) atoms. The summed E-state index contributed by atoms with van der Waals surface area (Å²) in [7, 11) is 3.95. The summed E-state index contributed by atoms with van der Waals surface area (Å²) in [6, 6.07) is 44.1. The Hall–Kier alpha value is -5.01. The molecule has 0 fully saturated rings. The molecule has 0 spiro atoms. The Balaban J connectivity index is 0.000000200. The van der Waals surface area contributed by atoms with E-state index in [-0.39, 0.29) is 20.1 Å². The van der Waals surface area contributed by atoms with Crippen LogP contribution in [0.15, 0.2) is 126 Å². The van der Waals surface area contributed by atoms with Crippen LogP contribution < -0.4 is 4.57 Å². The van der Waals surface area contributed by atoms with Gasteiger partial charge in [-0.25, -0.2) is 0 Å². The van der Waals surface area contributed by atoms with Gasteiger partial charge in [0.15, 0.2) is 0 Å². The molecule has 0 radical (unpaired) electrons. The number of nitrogens with zero attached hydrogens (tertiary/aromatic N) is 3. The second kappa shape index (κ2) is 12.7. The molecule has 3 heterocycles. The molecule has 0 amide bonds. The van der Waals surface area contributed by atoms with Crippen molar-refractivity contribution in [3.8, 4) is 39.7 Å². The van der Waals surface area contributed by atoms with Crippen molar-refractivity contribution in [3.05, 3.63) is 152 Å². The number of aryl methyl sites for hydroxylation is 1. The standard InChI is InChI=1S/C24H13N2O.C13H12N.Ir/c25-15-17-12-13-19-18-9-6-10-20(21-11-4-5-14-26-21)23(18)27-24(19)22(17)16-7-2-1-3-8-16;1-11-8-9-13(14(2)10-11)12-6-4-3-5-7-12;/h1-9,11-14H;3-6,8-10H,2H2,1H3;/q2*-1;+3. The summed E-state index contributed by atoms with van der Waals surface area (Å²) < 4.78 is 8.22. The molecule has 4 nitrogen and oxygen atoms in total. The van der Waals surface area contributed by atoms with Gasteiger partial charge < -0.3 is 14.0 Å². The number of pyridine rings is 2. The van der Waals surface area contributed by atoms with Gasteiger partial charge in [0.2, 0.25) is 0 Å². The zero-order valence-corrected chi connectivity index (χ0v) is 25.2. The molecule has 3 aromatic heterocycles. The predicted octanol–water partition coefficient (Wildman–Crippen LogP) is 8.37. The van der Waals surface area contributed by atoms with Crippen LogP contribution in [-0.4, -0.2) is 4.98 Å². The summed E-state index contributed by atoms with van der Waals surface area (Å²) in [5.74, 6) is 0. The van der Waals surface area contributed by atoms with E-state index in [0.717, 1.165) is 50.0 Å². The Bertz CT molecular complexity index is 2010. The summed E-state index contributed by atoms with van der Waals surface area (Å²) >= 11 is 0. The van der Waals surface area contributed by atoms with E-state index < -0.39 is 0 Å². The molecule has 0 atom stereocenters. The topological polar surface area (TPSA) is 53.7 Å². The minimum atomic E-state index is 0. The number of fused-ring (bicyclic) bond motifs is 3. The minimum absolute atomic E-state index is 0. The van der Waals surface area contributed by atoms with Crippen LogP contribution in [0.1, 0.15) is 11.1 Å². The van der Waals surface area contributed by atoms with Crippen molar-refractivity contribution < 1.29 is 29.1 Å². The van der Waals surface area contributed by atoms with Crippen LogP contribution in [0.2, 0.25) is 0 Å². The molecule has 0 aliphatic heterocycles. The van der Waals surface area contributed by atoms with Crippen molar-refractivity contribution in [1.82, 2.24) is 4.98 Å². The second-order valence-corrected chi connectivity index (χ2v) is 9.59. The van der Waals surface area contributed by atoms with Crippen LogP contribution >= 0.6 is 0 Å². The molecule has 0 aliphatic rings. The molecule has 7 aromatic rings. The molecule has 4 aromatic carbocycles. The molecule has 0 saturated heterocycles. The molecule has 0 aliphatic carbocycles. The van der Waals surface area contributed by atoms with Crippen LogP contribution in [0, 0.1) is 37.4 Å². The molecular weight excluding hydrogens is 695 g/mol. The number of hydrogen-bond donors (Lipinski definition) is 0. The maximum atomic E-state index is 9.64. The molecular formula is C37H25IrN3O+. The van der Waals surface area contributed by atoms with Gasteiger partial charge in [-0.05, 0) is 41.9 Å². The van der Waals surface area contributed by atoms with E-state index in [2.05, 4.69) is 49.3 Å². The SMILES string of the molecule is N#Cc1ccc2c(oc3c(-c4ccccn4)[c-]ccc32)c1-c1ccccc1.[CH2-][n+]1cc(C)ccc1-c1[c-]cccc1.[Ir+3]. The maximum absolute atomic E-state index is 9.64. The van der Waals surface area contributed by atoms with E-state index in [0.29, 0.717) is 11.1 Å². The van der Waals surface area contributed by atoms with Gasteiger partial charge in [-0.2, -0.15) is 5.26 Å². The van der Waals surface area contributed by atoms with E-state index in [1.807, 2.05) is 108 Å². The fourth-order valence-corrected chi connectivity index (χ4v) is 4.95. The normalized spacial score (nSPS) is 10.4. The summed E-state index contributed by atoms with van der Waals surface area (Å²) in [6.45, 7) is 2.06. The largest absolute Gasteiger partial charge is 3.00 e. The van der Waals surface area contributed by atoms with E-state index in [1.54, 1.807) is 6.20 Å². The average Bonchev–Trinajstić information content (AvgIpc) is 3.41. The quantitative estimate of drug-likeness (QED) is 0.136. The first-order chi connectivity index (χ1) is 20.1. The number of nitriles is 1. The van der Waals surface area contributed by atoms with Crippen molar-refractivity contribution in [2.75, 3.05) is 0 Å². The fourth-order valence-electron chi connectivity index (χ4n) is 4.95. The monoisotopic (exact) mass is 720 g/mol. The Morgan fingerprint density at radius 3 is 2.31 bits per heavy atom. The summed E-state index contributed by atoms with van der Waals surface area (Å²) in [5, 5.41) is 11.6. The van der Waals surface area contributed by atoms with Crippen molar-refractivity contribution in [2.45, 2.75) is 6.92 Å². The zero-order valence-electron chi connectivity index (χ0n) is 22.8. The first kappa shape index (κ1) is 28.5. The molecule has 7 rings (SSSR count). The molecule has 202 valence electrons. The zero-order chi connectivity index (χ0) is 28.2. The number of benzene rings is 4. The van der Waals surface area contributed by atoms with Crippen LogP contribution in [-0.2, 0) is 20.1 Å². The van der Waals surface area contributed by atoms with Gasteiger partial charge in [-0.15, -0.1) is 48.5 Å². The van der Waals surface area contributed by atoms with Crippen LogP contribution in [0.5, 0.6) is 0 Å². The first-order valence-corrected chi connectivity index (χ1v) is 13.2.